The van der Waals surface area contributed by atoms with Gasteiger partial charge >= 0.3 is 0 Å². The first-order chi connectivity index (χ1) is 9.15. The normalized spacial score (nSPS) is 17.4. The maximum absolute atomic E-state index is 5.23. The maximum atomic E-state index is 5.23. The van der Waals surface area contributed by atoms with Crippen LogP contribution in [0.15, 0.2) is 0 Å². The Morgan fingerprint density at radius 2 is 1.89 bits per heavy atom. The standard InChI is InChI=1S/C15H33N3O/c1-14(15-6-7-15)18(12-13-19-4)11-9-16-8-5-10-17(2)3/h14-16H,5-13H2,1-4H3. The van der Waals surface area contributed by atoms with Crippen molar-refractivity contribution in [1.29, 1.82) is 0 Å². The van der Waals surface area contributed by atoms with Gasteiger partial charge in [0.1, 0.15) is 0 Å². The Morgan fingerprint density at radius 3 is 2.47 bits per heavy atom. The van der Waals surface area contributed by atoms with Crippen molar-refractivity contribution in [2.24, 2.45) is 5.92 Å². The Kier molecular flexibility index (Phi) is 8.62. The zero-order chi connectivity index (χ0) is 14.1. The van der Waals surface area contributed by atoms with Crippen LogP contribution in [-0.2, 0) is 4.74 Å². The van der Waals surface area contributed by atoms with Gasteiger partial charge in [0.05, 0.1) is 6.61 Å². The molecule has 1 unspecified atom stereocenters. The topological polar surface area (TPSA) is 27.7 Å². The molecule has 4 heteroatoms. The minimum absolute atomic E-state index is 0.721. The summed E-state index contributed by atoms with van der Waals surface area (Å²) in [7, 11) is 6.05. The second-order valence-corrected chi connectivity index (χ2v) is 6.01. The fourth-order valence-electron chi connectivity index (χ4n) is 2.47. The SMILES string of the molecule is COCCN(CCNCCCN(C)C)C(C)C1CC1. The molecule has 1 aliphatic carbocycles. The number of rotatable bonds is 12. The van der Waals surface area contributed by atoms with E-state index in [4.69, 9.17) is 4.74 Å². The molecule has 114 valence electrons. The van der Waals surface area contributed by atoms with Crippen molar-refractivity contribution in [3.63, 3.8) is 0 Å². The average Bonchev–Trinajstić information content (AvgIpc) is 3.20. The summed E-state index contributed by atoms with van der Waals surface area (Å²) in [5.74, 6) is 0.936. The molecule has 0 heterocycles. The Morgan fingerprint density at radius 1 is 1.16 bits per heavy atom. The van der Waals surface area contributed by atoms with Crippen molar-refractivity contribution in [1.82, 2.24) is 15.1 Å². The molecule has 0 spiro atoms. The largest absolute Gasteiger partial charge is 0.383 e. The quantitative estimate of drug-likeness (QED) is 0.541. The molecule has 0 saturated heterocycles. The summed E-state index contributed by atoms with van der Waals surface area (Å²) in [6.07, 6.45) is 4.06. The van der Waals surface area contributed by atoms with Crippen LogP contribution < -0.4 is 5.32 Å². The third-order valence-corrected chi connectivity index (χ3v) is 4.00. The van der Waals surface area contributed by atoms with Gasteiger partial charge in [0, 0.05) is 32.8 Å². The Bertz CT molecular complexity index is 219. The monoisotopic (exact) mass is 271 g/mol. The molecule has 1 fully saturated rings. The first kappa shape index (κ1) is 16.9. The Balaban J connectivity index is 2.09. The molecule has 1 aliphatic rings. The summed E-state index contributed by atoms with van der Waals surface area (Å²) in [6, 6.07) is 0.721. The average molecular weight is 271 g/mol. The van der Waals surface area contributed by atoms with Crippen LogP contribution >= 0.6 is 0 Å². The van der Waals surface area contributed by atoms with Crippen molar-refractivity contribution in [3.05, 3.63) is 0 Å². The molecule has 19 heavy (non-hydrogen) atoms. The van der Waals surface area contributed by atoms with Crippen LogP contribution in [0.5, 0.6) is 0 Å². The molecule has 1 atom stereocenters. The van der Waals surface area contributed by atoms with Crippen molar-refractivity contribution < 1.29 is 4.74 Å². The molecular weight excluding hydrogens is 238 g/mol. The highest BCUT2D eigenvalue weighted by Crippen LogP contribution is 2.34. The van der Waals surface area contributed by atoms with E-state index in [9.17, 15) is 0 Å². The summed E-state index contributed by atoms with van der Waals surface area (Å²) in [5, 5.41) is 3.55. The molecule has 1 saturated carbocycles. The zero-order valence-corrected chi connectivity index (χ0v) is 13.3. The van der Waals surface area contributed by atoms with E-state index in [0.29, 0.717) is 0 Å². The molecule has 0 aliphatic heterocycles. The lowest BCUT2D eigenvalue weighted by Gasteiger charge is -2.29. The van der Waals surface area contributed by atoms with Crippen LogP contribution in [-0.4, -0.2) is 76.4 Å². The van der Waals surface area contributed by atoms with Gasteiger partial charge in [0.25, 0.3) is 0 Å². The molecule has 0 amide bonds. The van der Waals surface area contributed by atoms with E-state index in [1.165, 1.54) is 25.8 Å². The summed E-state index contributed by atoms with van der Waals surface area (Å²) in [6.45, 7) is 8.80. The van der Waals surface area contributed by atoms with Crippen molar-refractivity contribution >= 4 is 0 Å². The van der Waals surface area contributed by atoms with E-state index in [1.807, 2.05) is 0 Å². The van der Waals surface area contributed by atoms with E-state index in [-0.39, 0.29) is 0 Å². The number of methoxy groups -OCH3 is 1. The number of nitrogens with zero attached hydrogens (tertiary/aromatic N) is 2. The predicted molar refractivity (Wildman–Crippen MR) is 81.7 cm³/mol. The summed E-state index contributed by atoms with van der Waals surface area (Å²) >= 11 is 0. The van der Waals surface area contributed by atoms with Gasteiger partial charge in [-0.25, -0.2) is 0 Å². The van der Waals surface area contributed by atoms with Crippen LogP contribution in [0.25, 0.3) is 0 Å². The molecule has 0 aromatic heterocycles. The lowest BCUT2D eigenvalue weighted by Crippen LogP contribution is -2.41. The second kappa shape index (κ2) is 9.70. The number of hydrogen-bond donors (Lipinski definition) is 1. The number of nitrogens with one attached hydrogen (secondary N) is 1. The Hall–Kier alpha value is -0.160. The van der Waals surface area contributed by atoms with E-state index in [0.717, 1.165) is 44.7 Å². The van der Waals surface area contributed by atoms with Gasteiger partial charge in [-0.05, 0) is 59.3 Å². The van der Waals surface area contributed by atoms with Gasteiger partial charge < -0.3 is 15.0 Å². The smallest absolute Gasteiger partial charge is 0.0589 e. The highest BCUT2D eigenvalue weighted by molar-refractivity contribution is 4.85. The fourth-order valence-corrected chi connectivity index (χ4v) is 2.47. The highest BCUT2D eigenvalue weighted by Gasteiger charge is 2.31. The molecular formula is C15H33N3O. The van der Waals surface area contributed by atoms with Gasteiger partial charge in [0.2, 0.25) is 0 Å². The molecule has 0 bridgehead atoms. The molecule has 0 radical (unpaired) electrons. The van der Waals surface area contributed by atoms with Crippen molar-refractivity contribution in [3.8, 4) is 0 Å². The minimum atomic E-state index is 0.721. The first-order valence-corrected chi connectivity index (χ1v) is 7.73. The molecule has 1 rings (SSSR count). The van der Waals surface area contributed by atoms with E-state index >= 15 is 0 Å². The fraction of sp³-hybridized carbons (Fsp3) is 1.00. The van der Waals surface area contributed by atoms with Gasteiger partial charge in [-0.15, -0.1) is 0 Å². The predicted octanol–water partition coefficient (Wildman–Crippen LogP) is 1.27. The summed E-state index contributed by atoms with van der Waals surface area (Å²) in [5.41, 5.74) is 0. The third-order valence-electron chi connectivity index (χ3n) is 4.00. The van der Waals surface area contributed by atoms with E-state index in [1.54, 1.807) is 7.11 Å². The van der Waals surface area contributed by atoms with Crippen LogP contribution in [0.4, 0.5) is 0 Å². The number of ether oxygens (including phenoxy) is 1. The highest BCUT2D eigenvalue weighted by atomic mass is 16.5. The van der Waals surface area contributed by atoms with Crippen LogP contribution in [0, 0.1) is 5.92 Å². The van der Waals surface area contributed by atoms with Gasteiger partial charge in [-0.1, -0.05) is 0 Å². The minimum Gasteiger partial charge on any atom is -0.383 e. The first-order valence-electron chi connectivity index (χ1n) is 7.73. The van der Waals surface area contributed by atoms with Crippen molar-refractivity contribution in [2.45, 2.75) is 32.2 Å². The summed E-state index contributed by atoms with van der Waals surface area (Å²) in [4.78, 5) is 4.82. The summed E-state index contributed by atoms with van der Waals surface area (Å²) < 4.78 is 5.23. The van der Waals surface area contributed by atoms with E-state index in [2.05, 4.69) is 36.1 Å². The van der Waals surface area contributed by atoms with Gasteiger partial charge in [0.15, 0.2) is 0 Å². The lowest BCUT2D eigenvalue weighted by molar-refractivity contribution is 0.117. The van der Waals surface area contributed by atoms with E-state index < -0.39 is 0 Å². The maximum Gasteiger partial charge on any atom is 0.0589 e. The number of hydrogen-bond acceptors (Lipinski definition) is 4. The Labute approximate surface area is 119 Å². The van der Waals surface area contributed by atoms with Crippen molar-refractivity contribution in [2.75, 3.05) is 60.5 Å². The van der Waals surface area contributed by atoms with Crippen LogP contribution in [0.3, 0.4) is 0 Å². The third kappa shape index (κ3) is 7.88. The van der Waals surface area contributed by atoms with Gasteiger partial charge in [-0.2, -0.15) is 0 Å². The molecule has 4 nitrogen and oxygen atoms in total. The molecule has 1 N–H and O–H groups in total. The molecule has 0 aromatic rings. The zero-order valence-electron chi connectivity index (χ0n) is 13.3. The van der Waals surface area contributed by atoms with Crippen LogP contribution in [0.2, 0.25) is 0 Å². The van der Waals surface area contributed by atoms with Gasteiger partial charge in [-0.3, -0.25) is 4.90 Å². The molecule has 0 aromatic carbocycles. The van der Waals surface area contributed by atoms with Crippen LogP contribution in [0.1, 0.15) is 26.2 Å². The second-order valence-electron chi connectivity index (χ2n) is 6.01. The lowest BCUT2D eigenvalue weighted by atomic mass is 10.2.